The highest BCUT2D eigenvalue weighted by atomic mass is 16.5. The molecule has 5 aromatic carbocycles. The van der Waals surface area contributed by atoms with E-state index in [0.29, 0.717) is 5.69 Å². The number of rotatable bonds is 2. The number of ether oxygens (including phenoxy) is 1. The number of aromatic nitrogens is 1. The molecule has 0 N–H and O–H groups in total. The Morgan fingerprint density at radius 2 is 1.10 bits per heavy atom. The van der Waals surface area contributed by atoms with E-state index in [-0.39, 0.29) is 0 Å². The van der Waals surface area contributed by atoms with Crippen molar-refractivity contribution in [3.8, 4) is 22.8 Å². The van der Waals surface area contributed by atoms with Crippen molar-refractivity contribution < 1.29 is 4.74 Å². The molecule has 4 nitrogen and oxygen atoms in total. The van der Waals surface area contributed by atoms with Crippen molar-refractivity contribution in [3.05, 3.63) is 173 Å². The van der Waals surface area contributed by atoms with E-state index in [1.54, 1.807) is 12.3 Å². The maximum absolute atomic E-state index is 7.55. The Hall–Kier alpha value is -5.66. The highest BCUT2D eigenvalue weighted by molar-refractivity contribution is 5.95. The first-order chi connectivity index (χ1) is 20.3. The molecule has 41 heavy (non-hydrogen) atoms. The number of nitrogens with zero attached hydrogens (tertiary/aromatic N) is 3. The lowest BCUT2D eigenvalue weighted by atomic mass is 9.61. The summed E-state index contributed by atoms with van der Waals surface area (Å²) >= 11 is 0. The van der Waals surface area contributed by atoms with Crippen LogP contribution in [0.2, 0.25) is 0 Å². The molecule has 192 valence electrons. The molecular weight excluding hydrogens is 502 g/mol. The van der Waals surface area contributed by atoms with E-state index in [2.05, 4.69) is 118 Å². The molecule has 0 bridgehead atoms. The Bertz CT molecular complexity index is 1930. The molecule has 6 aromatic rings. The third-order valence-corrected chi connectivity index (χ3v) is 8.19. The maximum atomic E-state index is 7.55. The van der Waals surface area contributed by atoms with Crippen LogP contribution in [0.3, 0.4) is 0 Å². The minimum Gasteiger partial charge on any atom is -0.457 e. The highest BCUT2D eigenvalue weighted by Gasteiger charge is 2.51. The SMILES string of the molecule is [C-]#[N+]c1ccnc(-c2ccccc2N2c3ccccc3C3(c4ccccc4Oc4ccccc43)c3ccccc32)c1. The van der Waals surface area contributed by atoms with E-state index in [4.69, 9.17) is 11.3 Å². The standard InChI is InChI=1S/C37H23N3O/c1-38-25-22-23-39-31(24-25)26-12-2-7-17-32(26)40-33-18-8-3-13-27(33)37(28-14-4-9-19-34(28)40)29-15-5-10-20-35(29)41-36-21-11-6-16-30(36)37/h2-24H. The summed E-state index contributed by atoms with van der Waals surface area (Å²) in [5, 5.41) is 0. The predicted octanol–water partition coefficient (Wildman–Crippen LogP) is 9.57. The van der Waals surface area contributed by atoms with Crippen LogP contribution in [0.15, 0.2) is 140 Å². The highest BCUT2D eigenvalue weighted by Crippen LogP contribution is 2.62. The smallest absolute Gasteiger partial charge is 0.190 e. The maximum Gasteiger partial charge on any atom is 0.190 e. The monoisotopic (exact) mass is 525 g/mol. The number of anilines is 3. The minimum absolute atomic E-state index is 0.568. The van der Waals surface area contributed by atoms with Crippen molar-refractivity contribution in [3.63, 3.8) is 0 Å². The molecule has 2 aliphatic rings. The summed E-state index contributed by atoms with van der Waals surface area (Å²) in [4.78, 5) is 10.7. The summed E-state index contributed by atoms with van der Waals surface area (Å²) in [6, 6.07) is 46.1. The quantitative estimate of drug-likeness (QED) is 0.211. The number of fused-ring (bicyclic) bond motifs is 8. The number of pyridine rings is 1. The van der Waals surface area contributed by atoms with Crippen molar-refractivity contribution in [2.45, 2.75) is 5.41 Å². The van der Waals surface area contributed by atoms with Crippen molar-refractivity contribution in [2.75, 3.05) is 4.90 Å². The average Bonchev–Trinajstić information content (AvgIpc) is 3.05. The first-order valence-corrected chi connectivity index (χ1v) is 13.6. The molecule has 8 rings (SSSR count). The van der Waals surface area contributed by atoms with Crippen LogP contribution in [0.5, 0.6) is 11.5 Å². The van der Waals surface area contributed by atoms with Gasteiger partial charge in [0.1, 0.15) is 11.5 Å². The Kier molecular flexibility index (Phi) is 5.07. The van der Waals surface area contributed by atoms with Gasteiger partial charge in [-0.25, -0.2) is 4.85 Å². The molecule has 0 saturated carbocycles. The molecule has 0 aliphatic carbocycles. The van der Waals surface area contributed by atoms with Gasteiger partial charge in [0.25, 0.3) is 0 Å². The van der Waals surface area contributed by atoms with Crippen LogP contribution >= 0.6 is 0 Å². The molecule has 0 unspecified atom stereocenters. The minimum atomic E-state index is -0.577. The van der Waals surface area contributed by atoms with Gasteiger partial charge in [0, 0.05) is 22.9 Å². The fourth-order valence-corrected chi connectivity index (χ4v) is 6.60. The largest absolute Gasteiger partial charge is 0.457 e. The van der Waals surface area contributed by atoms with Gasteiger partial charge in [-0.2, -0.15) is 0 Å². The van der Waals surface area contributed by atoms with Gasteiger partial charge >= 0.3 is 0 Å². The zero-order valence-corrected chi connectivity index (χ0v) is 22.0. The van der Waals surface area contributed by atoms with Crippen LogP contribution in [0.4, 0.5) is 22.7 Å². The summed E-state index contributed by atoms with van der Waals surface area (Å²) in [6.45, 7) is 7.55. The summed E-state index contributed by atoms with van der Waals surface area (Å²) in [6.07, 6.45) is 1.71. The lowest BCUT2D eigenvalue weighted by Gasteiger charge is -2.48. The van der Waals surface area contributed by atoms with Crippen LogP contribution in [0, 0.1) is 6.57 Å². The molecular formula is C37H23N3O. The normalized spacial score (nSPS) is 13.7. The van der Waals surface area contributed by atoms with E-state index in [9.17, 15) is 0 Å². The number of benzene rings is 5. The summed E-state index contributed by atoms with van der Waals surface area (Å²) in [5.74, 6) is 1.73. The van der Waals surface area contributed by atoms with E-state index in [0.717, 1.165) is 50.9 Å². The Balaban J connectivity index is 1.48. The molecule has 4 heteroatoms. The van der Waals surface area contributed by atoms with Crippen molar-refractivity contribution >= 4 is 22.7 Å². The second-order valence-corrected chi connectivity index (χ2v) is 10.2. The van der Waals surface area contributed by atoms with Crippen molar-refractivity contribution in [1.29, 1.82) is 0 Å². The van der Waals surface area contributed by atoms with Gasteiger partial charge in [-0.1, -0.05) is 91.0 Å². The fraction of sp³-hybridized carbons (Fsp3) is 0.0270. The summed E-state index contributed by atoms with van der Waals surface area (Å²) in [7, 11) is 0. The Labute approximate surface area is 238 Å². The van der Waals surface area contributed by atoms with Crippen molar-refractivity contribution in [2.24, 2.45) is 0 Å². The number of hydrogen-bond donors (Lipinski definition) is 0. The zero-order chi connectivity index (χ0) is 27.4. The first kappa shape index (κ1) is 23.2. The molecule has 0 saturated heterocycles. The van der Waals surface area contributed by atoms with Gasteiger partial charge in [0.05, 0.1) is 34.7 Å². The van der Waals surface area contributed by atoms with Crippen LogP contribution < -0.4 is 9.64 Å². The fourth-order valence-electron chi connectivity index (χ4n) is 6.60. The van der Waals surface area contributed by atoms with Crippen LogP contribution in [-0.2, 0) is 5.41 Å². The number of hydrogen-bond acceptors (Lipinski definition) is 3. The molecule has 0 atom stereocenters. The Morgan fingerprint density at radius 1 is 0.585 bits per heavy atom. The van der Waals surface area contributed by atoms with Gasteiger partial charge in [-0.15, -0.1) is 0 Å². The van der Waals surface area contributed by atoms with Crippen LogP contribution in [0.25, 0.3) is 16.1 Å². The molecule has 0 radical (unpaired) electrons. The predicted molar refractivity (Wildman–Crippen MR) is 163 cm³/mol. The Morgan fingerprint density at radius 3 is 1.71 bits per heavy atom. The van der Waals surface area contributed by atoms with Crippen LogP contribution in [-0.4, -0.2) is 4.98 Å². The van der Waals surface area contributed by atoms with Crippen LogP contribution in [0.1, 0.15) is 22.3 Å². The zero-order valence-electron chi connectivity index (χ0n) is 22.0. The third-order valence-electron chi connectivity index (χ3n) is 8.19. The molecule has 2 aliphatic heterocycles. The van der Waals surface area contributed by atoms with Gasteiger partial charge in [-0.05, 0) is 53.6 Å². The topological polar surface area (TPSA) is 29.7 Å². The van der Waals surface area contributed by atoms with Gasteiger partial charge in [0.2, 0.25) is 0 Å². The second-order valence-electron chi connectivity index (χ2n) is 10.2. The number of para-hydroxylation sites is 5. The summed E-state index contributed by atoms with van der Waals surface area (Å²) in [5.41, 5.74) is 9.52. The van der Waals surface area contributed by atoms with E-state index in [1.807, 2.05) is 24.3 Å². The molecule has 1 spiro atoms. The van der Waals surface area contributed by atoms with E-state index >= 15 is 0 Å². The molecule has 0 amide bonds. The summed E-state index contributed by atoms with van der Waals surface area (Å²) < 4.78 is 6.50. The van der Waals surface area contributed by atoms with Gasteiger partial charge < -0.3 is 9.64 Å². The molecule has 1 aromatic heterocycles. The van der Waals surface area contributed by atoms with Gasteiger partial charge in [-0.3, -0.25) is 4.98 Å². The second kappa shape index (κ2) is 8.94. The molecule has 0 fully saturated rings. The van der Waals surface area contributed by atoms with E-state index < -0.39 is 5.41 Å². The lowest BCUT2D eigenvalue weighted by Crippen LogP contribution is -2.39. The van der Waals surface area contributed by atoms with Crippen molar-refractivity contribution in [1.82, 2.24) is 4.98 Å². The third kappa shape index (κ3) is 3.24. The molecule has 3 heterocycles. The first-order valence-electron chi connectivity index (χ1n) is 13.6. The van der Waals surface area contributed by atoms with E-state index in [1.165, 1.54) is 11.1 Å². The van der Waals surface area contributed by atoms with Gasteiger partial charge in [0.15, 0.2) is 5.69 Å². The average molecular weight is 526 g/mol. The lowest BCUT2D eigenvalue weighted by molar-refractivity contribution is 0.434.